The normalized spacial score (nSPS) is 11.0. The van der Waals surface area contributed by atoms with E-state index < -0.39 is 0 Å². The SMILES string of the molecule is c1ccc(-n2cc(-c3ccc4[nH]ncc4c3)nn2)cc1. The first-order valence-corrected chi connectivity index (χ1v) is 6.31. The van der Waals surface area contributed by atoms with Crippen LogP contribution in [0, 0.1) is 0 Å². The molecule has 0 saturated carbocycles. The molecule has 4 aromatic rings. The highest BCUT2D eigenvalue weighted by molar-refractivity contribution is 5.83. The van der Waals surface area contributed by atoms with E-state index in [1.807, 2.05) is 48.7 Å². The fraction of sp³-hybridized carbons (Fsp3) is 0. The molecule has 0 unspecified atom stereocenters. The largest absolute Gasteiger partial charge is 0.278 e. The van der Waals surface area contributed by atoms with E-state index in [4.69, 9.17) is 0 Å². The number of aromatic amines is 1. The van der Waals surface area contributed by atoms with Crippen LogP contribution in [-0.4, -0.2) is 25.2 Å². The number of H-pyrrole nitrogens is 1. The average molecular weight is 261 g/mol. The predicted molar refractivity (Wildman–Crippen MR) is 76.4 cm³/mol. The Hall–Kier alpha value is -2.95. The lowest BCUT2D eigenvalue weighted by atomic mass is 10.1. The van der Waals surface area contributed by atoms with Gasteiger partial charge in [0, 0.05) is 10.9 Å². The van der Waals surface area contributed by atoms with E-state index in [2.05, 4.69) is 26.6 Å². The molecule has 0 fully saturated rings. The first-order valence-electron chi connectivity index (χ1n) is 6.31. The van der Waals surface area contributed by atoms with Crippen LogP contribution in [-0.2, 0) is 0 Å². The number of hydrogen-bond acceptors (Lipinski definition) is 3. The molecule has 0 atom stereocenters. The minimum atomic E-state index is 0.844. The zero-order chi connectivity index (χ0) is 13.4. The zero-order valence-corrected chi connectivity index (χ0v) is 10.6. The van der Waals surface area contributed by atoms with Crippen molar-refractivity contribution >= 4 is 10.9 Å². The number of benzene rings is 2. The molecule has 2 aromatic carbocycles. The summed E-state index contributed by atoms with van der Waals surface area (Å²) >= 11 is 0. The standard InChI is InChI=1S/C15H11N5/c1-2-4-13(5-3-1)20-10-15(18-19-20)11-6-7-14-12(8-11)9-16-17-14/h1-10H,(H,16,17). The third-order valence-electron chi connectivity index (χ3n) is 3.25. The number of aromatic nitrogens is 5. The fourth-order valence-corrected chi connectivity index (χ4v) is 2.21. The molecule has 2 heterocycles. The lowest BCUT2D eigenvalue weighted by Gasteiger charge is -1.98. The van der Waals surface area contributed by atoms with Crippen LogP contribution in [0.4, 0.5) is 0 Å². The van der Waals surface area contributed by atoms with Crippen LogP contribution in [0.2, 0.25) is 0 Å². The molecule has 0 aliphatic heterocycles. The van der Waals surface area contributed by atoms with Crippen molar-refractivity contribution in [2.24, 2.45) is 0 Å². The molecule has 0 amide bonds. The molecule has 2 aromatic heterocycles. The molecule has 5 heteroatoms. The van der Waals surface area contributed by atoms with Gasteiger partial charge in [-0.05, 0) is 24.3 Å². The van der Waals surface area contributed by atoms with Gasteiger partial charge < -0.3 is 0 Å². The second-order valence-corrected chi connectivity index (χ2v) is 4.56. The summed E-state index contributed by atoms with van der Waals surface area (Å²) in [7, 11) is 0. The van der Waals surface area contributed by atoms with E-state index >= 15 is 0 Å². The maximum atomic E-state index is 4.24. The van der Waals surface area contributed by atoms with Crippen molar-refractivity contribution in [3.05, 3.63) is 60.9 Å². The Morgan fingerprint density at radius 1 is 1.00 bits per heavy atom. The maximum Gasteiger partial charge on any atom is 0.113 e. The summed E-state index contributed by atoms with van der Waals surface area (Å²) in [5, 5.41) is 16.4. The van der Waals surface area contributed by atoms with Crippen LogP contribution < -0.4 is 0 Å². The Morgan fingerprint density at radius 2 is 1.90 bits per heavy atom. The monoisotopic (exact) mass is 261 g/mol. The molecule has 96 valence electrons. The van der Waals surface area contributed by atoms with Gasteiger partial charge in [0.05, 0.1) is 23.6 Å². The summed E-state index contributed by atoms with van der Waals surface area (Å²) < 4.78 is 1.77. The second-order valence-electron chi connectivity index (χ2n) is 4.56. The summed E-state index contributed by atoms with van der Waals surface area (Å²) in [6.07, 6.45) is 3.73. The summed E-state index contributed by atoms with van der Waals surface area (Å²) in [5.41, 5.74) is 3.89. The number of fused-ring (bicyclic) bond motifs is 1. The average Bonchev–Trinajstić information content (AvgIpc) is 3.16. The number of nitrogens with zero attached hydrogens (tertiary/aromatic N) is 4. The molecular formula is C15H11N5. The Bertz CT molecular complexity index is 860. The van der Waals surface area contributed by atoms with Gasteiger partial charge in [0.1, 0.15) is 5.69 Å². The van der Waals surface area contributed by atoms with Gasteiger partial charge in [0.2, 0.25) is 0 Å². The molecular weight excluding hydrogens is 250 g/mol. The Morgan fingerprint density at radius 3 is 2.80 bits per heavy atom. The number of rotatable bonds is 2. The highest BCUT2D eigenvalue weighted by Crippen LogP contribution is 2.22. The smallest absolute Gasteiger partial charge is 0.113 e. The summed E-state index contributed by atoms with van der Waals surface area (Å²) in [5.74, 6) is 0. The number of para-hydroxylation sites is 1. The van der Waals surface area contributed by atoms with Crippen molar-refractivity contribution in [1.82, 2.24) is 25.2 Å². The topological polar surface area (TPSA) is 59.4 Å². The van der Waals surface area contributed by atoms with Gasteiger partial charge in [-0.15, -0.1) is 5.10 Å². The van der Waals surface area contributed by atoms with Crippen molar-refractivity contribution in [3.63, 3.8) is 0 Å². The van der Waals surface area contributed by atoms with Gasteiger partial charge in [0.25, 0.3) is 0 Å². The van der Waals surface area contributed by atoms with Crippen molar-refractivity contribution in [1.29, 1.82) is 0 Å². The van der Waals surface area contributed by atoms with E-state index in [1.54, 1.807) is 10.9 Å². The molecule has 4 rings (SSSR count). The first-order chi connectivity index (χ1) is 9.90. The summed E-state index contributed by atoms with van der Waals surface area (Å²) in [6.45, 7) is 0. The molecule has 5 nitrogen and oxygen atoms in total. The molecule has 0 spiro atoms. The third-order valence-corrected chi connectivity index (χ3v) is 3.25. The van der Waals surface area contributed by atoms with Gasteiger partial charge in [-0.3, -0.25) is 5.10 Å². The maximum absolute atomic E-state index is 4.24. The van der Waals surface area contributed by atoms with Crippen LogP contribution in [0.3, 0.4) is 0 Å². The van der Waals surface area contributed by atoms with E-state index in [0.29, 0.717) is 0 Å². The van der Waals surface area contributed by atoms with Crippen molar-refractivity contribution in [2.75, 3.05) is 0 Å². The highest BCUT2D eigenvalue weighted by Gasteiger charge is 2.06. The molecule has 20 heavy (non-hydrogen) atoms. The van der Waals surface area contributed by atoms with E-state index in [-0.39, 0.29) is 0 Å². The minimum Gasteiger partial charge on any atom is -0.278 e. The Kier molecular flexibility index (Phi) is 2.35. The molecule has 0 aliphatic carbocycles. The van der Waals surface area contributed by atoms with Gasteiger partial charge in [-0.1, -0.05) is 29.5 Å². The Balaban J connectivity index is 1.77. The lowest BCUT2D eigenvalue weighted by Crippen LogP contribution is -1.93. The van der Waals surface area contributed by atoms with Gasteiger partial charge in [-0.2, -0.15) is 5.10 Å². The van der Waals surface area contributed by atoms with Crippen LogP contribution in [0.15, 0.2) is 60.9 Å². The van der Waals surface area contributed by atoms with Crippen molar-refractivity contribution in [2.45, 2.75) is 0 Å². The Labute approximate surface area is 114 Å². The quantitative estimate of drug-likeness (QED) is 0.603. The van der Waals surface area contributed by atoms with E-state index in [1.165, 1.54) is 0 Å². The molecule has 0 aliphatic rings. The van der Waals surface area contributed by atoms with E-state index in [9.17, 15) is 0 Å². The van der Waals surface area contributed by atoms with Crippen LogP contribution in [0.5, 0.6) is 0 Å². The zero-order valence-electron chi connectivity index (χ0n) is 10.6. The first kappa shape index (κ1) is 10.9. The van der Waals surface area contributed by atoms with Crippen molar-refractivity contribution in [3.8, 4) is 16.9 Å². The minimum absolute atomic E-state index is 0.844. The van der Waals surface area contributed by atoms with Crippen LogP contribution in [0.1, 0.15) is 0 Å². The number of nitrogens with one attached hydrogen (secondary N) is 1. The second kappa shape index (κ2) is 4.31. The molecule has 0 saturated heterocycles. The van der Waals surface area contributed by atoms with Crippen LogP contribution in [0.25, 0.3) is 27.8 Å². The molecule has 0 bridgehead atoms. The van der Waals surface area contributed by atoms with Gasteiger partial charge in [-0.25, -0.2) is 4.68 Å². The fourth-order valence-electron chi connectivity index (χ4n) is 2.21. The molecule has 1 N–H and O–H groups in total. The third kappa shape index (κ3) is 1.76. The predicted octanol–water partition coefficient (Wildman–Crippen LogP) is 2.81. The van der Waals surface area contributed by atoms with Gasteiger partial charge >= 0.3 is 0 Å². The lowest BCUT2D eigenvalue weighted by molar-refractivity contribution is 0.804. The summed E-state index contributed by atoms with van der Waals surface area (Å²) in [6, 6.07) is 16.0. The number of hydrogen-bond donors (Lipinski definition) is 1. The van der Waals surface area contributed by atoms with E-state index in [0.717, 1.165) is 27.8 Å². The van der Waals surface area contributed by atoms with Crippen LogP contribution >= 0.6 is 0 Å². The highest BCUT2D eigenvalue weighted by atomic mass is 15.4. The summed E-state index contributed by atoms with van der Waals surface area (Å²) in [4.78, 5) is 0. The molecule has 0 radical (unpaired) electrons. The van der Waals surface area contributed by atoms with Gasteiger partial charge in [0.15, 0.2) is 0 Å². The van der Waals surface area contributed by atoms with Crippen molar-refractivity contribution < 1.29 is 0 Å².